The van der Waals surface area contributed by atoms with Crippen LogP contribution in [0, 0.1) is 6.92 Å². The highest BCUT2D eigenvalue weighted by Gasteiger charge is 2.42. The number of alkyl carbamates (subject to hydrolysis) is 1. The molecular formula is C35H41N3O4. The van der Waals surface area contributed by atoms with E-state index in [0.29, 0.717) is 11.3 Å². The molecule has 2 N–H and O–H groups in total. The molecule has 3 aromatic carbocycles. The van der Waals surface area contributed by atoms with Gasteiger partial charge in [0, 0.05) is 18.2 Å². The lowest BCUT2D eigenvalue weighted by Gasteiger charge is -2.43. The van der Waals surface area contributed by atoms with E-state index in [0.717, 1.165) is 36.0 Å². The number of para-hydroxylation sites is 1. The summed E-state index contributed by atoms with van der Waals surface area (Å²) < 4.78 is 5.54. The molecule has 0 saturated heterocycles. The molecule has 2 unspecified atom stereocenters. The first-order valence-corrected chi connectivity index (χ1v) is 14.5. The normalized spacial score (nSPS) is 14.6. The first kappa shape index (κ1) is 30.6. The molecular weight excluding hydrogens is 526 g/mol. The molecule has 0 bridgehead atoms. The monoisotopic (exact) mass is 567 g/mol. The summed E-state index contributed by atoms with van der Waals surface area (Å²) in [5.41, 5.74) is 3.26. The van der Waals surface area contributed by atoms with E-state index < -0.39 is 23.8 Å². The smallest absolute Gasteiger partial charge is 0.408 e. The van der Waals surface area contributed by atoms with Crippen LogP contribution >= 0.6 is 0 Å². The molecule has 220 valence electrons. The molecule has 7 heteroatoms. The van der Waals surface area contributed by atoms with E-state index in [1.807, 2.05) is 85.8 Å². The van der Waals surface area contributed by atoms with E-state index in [1.54, 1.807) is 31.7 Å². The zero-order chi connectivity index (χ0) is 30.3. The van der Waals surface area contributed by atoms with Crippen LogP contribution in [0.4, 0.5) is 10.5 Å². The standard InChI is InChI=1S/C35H41N3O4/c1-6-25-17-12-18-27(22-25)31(32(39)36-29-21-11-10-14-24(29)2)38(28-19-13-20-28)33(40)30(23-26-15-8-7-9-16-26)37-34(41)42-35(3,4)5/h6-12,14-18,21-22,28,30-31H,1,13,19-20,23H2,2-5H3,(H,36,39)(H,37,41). The van der Waals surface area contributed by atoms with E-state index in [-0.39, 0.29) is 24.3 Å². The molecule has 2 atom stereocenters. The Hall–Kier alpha value is -4.39. The van der Waals surface area contributed by atoms with Crippen molar-refractivity contribution in [1.29, 1.82) is 0 Å². The van der Waals surface area contributed by atoms with Crippen molar-refractivity contribution in [2.75, 3.05) is 5.32 Å². The molecule has 7 nitrogen and oxygen atoms in total. The maximum Gasteiger partial charge on any atom is 0.408 e. The third-order valence-corrected chi connectivity index (χ3v) is 7.39. The molecule has 0 aromatic heterocycles. The van der Waals surface area contributed by atoms with Crippen LogP contribution in [0.1, 0.15) is 68.3 Å². The van der Waals surface area contributed by atoms with Gasteiger partial charge in [-0.25, -0.2) is 4.79 Å². The Balaban J connectivity index is 1.77. The van der Waals surface area contributed by atoms with Gasteiger partial charge >= 0.3 is 6.09 Å². The summed E-state index contributed by atoms with van der Waals surface area (Å²) in [6.07, 6.45) is 3.78. The minimum absolute atomic E-state index is 0.156. The zero-order valence-corrected chi connectivity index (χ0v) is 24.9. The summed E-state index contributed by atoms with van der Waals surface area (Å²) in [6, 6.07) is 22.6. The predicted octanol–water partition coefficient (Wildman–Crippen LogP) is 6.83. The molecule has 1 fully saturated rings. The highest BCUT2D eigenvalue weighted by molar-refractivity contribution is 5.99. The number of carbonyl (C=O) groups excluding carboxylic acids is 3. The van der Waals surface area contributed by atoms with E-state index >= 15 is 0 Å². The van der Waals surface area contributed by atoms with Crippen molar-refractivity contribution in [3.8, 4) is 0 Å². The molecule has 3 amide bonds. The van der Waals surface area contributed by atoms with Crippen LogP contribution in [0.25, 0.3) is 6.08 Å². The van der Waals surface area contributed by atoms with Crippen molar-refractivity contribution in [1.82, 2.24) is 10.2 Å². The summed E-state index contributed by atoms with van der Waals surface area (Å²) in [5, 5.41) is 5.91. The molecule has 4 rings (SSSR count). The number of carbonyl (C=O) groups is 3. The molecule has 1 aliphatic carbocycles. The van der Waals surface area contributed by atoms with Crippen molar-refractivity contribution < 1.29 is 19.1 Å². The minimum atomic E-state index is -0.945. The number of rotatable bonds is 10. The van der Waals surface area contributed by atoms with Crippen molar-refractivity contribution in [3.63, 3.8) is 0 Å². The summed E-state index contributed by atoms with van der Waals surface area (Å²) in [7, 11) is 0. The Morgan fingerprint density at radius 3 is 2.31 bits per heavy atom. The second kappa shape index (κ2) is 13.5. The van der Waals surface area contributed by atoms with Crippen LogP contribution in [0.2, 0.25) is 0 Å². The molecule has 1 saturated carbocycles. The fourth-order valence-electron chi connectivity index (χ4n) is 5.07. The maximum absolute atomic E-state index is 14.6. The highest BCUT2D eigenvalue weighted by Crippen LogP contribution is 2.35. The van der Waals surface area contributed by atoms with E-state index in [1.165, 1.54) is 0 Å². The fourth-order valence-corrected chi connectivity index (χ4v) is 5.07. The number of amides is 3. The van der Waals surface area contributed by atoms with Gasteiger partial charge in [-0.3, -0.25) is 9.59 Å². The highest BCUT2D eigenvalue weighted by atomic mass is 16.6. The van der Waals surface area contributed by atoms with Crippen LogP contribution in [0.15, 0.2) is 85.4 Å². The van der Waals surface area contributed by atoms with Crippen LogP contribution in [0.5, 0.6) is 0 Å². The molecule has 3 aromatic rings. The first-order valence-electron chi connectivity index (χ1n) is 14.5. The SMILES string of the molecule is C=Cc1cccc(C(C(=O)Nc2ccccc2C)N(C(=O)C(Cc2ccccc2)NC(=O)OC(C)(C)C)C2CCC2)c1. The molecule has 1 aliphatic rings. The van der Waals surface area contributed by atoms with E-state index in [2.05, 4.69) is 17.2 Å². The Bertz CT molecular complexity index is 1410. The number of aryl methyl sites for hydroxylation is 1. The van der Waals surface area contributed by atoms with Crippen LogP contribution in [-0.4, -0.2) is 40.5 Å². The van der Waals surface area contributed by atoms with Crippen LogP contribution in [-0.2, 0) is 20.7 Å². The van der Waals surface area contributed by atoms with Gasteiger partial charge < -0.3 is 20.3 Å². The van der Waals surface area contributed by atoms with Crippen molar-refractivity contribution >= 4 is 29.7 Å². The van der Waals surface area contributed by atoms with E-state index in [4.69, 9.17) is 4.74 Å². The quantitative estimate of drug-likeness (QED) is 0.281. The number of benzene rings is 3. The summed E-state index contributed by atoms with van der Waals surface area (Å²) in [5.74, 6) is -0.648. The van der Waals surface area contributed by atoms with Gasteiger partial charge in [-0.2, -0.15) is 0 Å². The number of anilines is 1. The number of nitrogens with one attached hydrogen (secondary N) is 2. The Labute approximate surface area is 249 Å². The first-order chi connectivity index (χ1) is 20.1. The zero-order valence-electron chi connectivity index (χ0n) is 24.9. The topological polar surface area (TPSA) is 87.7 Å². The fraction of sp³-hybridized carbons (Fsp3) is 0.343. The maximum atomic E-state index is 14.6. The van der Waals surface area contributed by atoms with Gasteiger partial charge in [-0.1, -0.05) is 79.4 Å². The second-order valence-corrected chi connectivity index (χ2v) is 11.8. The Kier molecular flexibility index (Phi) is 9.84. The molecule has 0 aliphatic heterocycles. The van der Waals surface area contributed by atoms with Gasteiger partial charge in [0.05, 0.1) is 0 Å². The number of nitrogens with zero attached hydrogens (tertiary/aromatic N) is 1. The summed E-state index contributed by atoms with van der Waals surface area (Å²) in [6.45, 7) is 11.2. The molecule has 0 spiro atoms. The average Bonchev–Trinajstić information content (AvgIpc) is 2.92. The van der Waals surface area contributed by atoms with Crippen LogP contribution in [0.3, 0.4) is 0 Å². The number of hydrogen-bond donors (Lipinski definition) is 2. The van der Waals surface area contributed by atoms with E-state index in [9.17, 15) is 14.4 Å². The summed E-state index contributed by atoms with van der Waals surface area (Å²) in [4.78, 5) is 43.5. The van der Waals surface area contributed by atoms with Crippen molar-refractivity contribution in [3.05, 3.63) is 108 Å². The summed E-state index contributed by atoms with van der Waals surface area (Å²) >= 11 is 0. The van der Waals surface area contributed by atoms with Gasteiger partial charge in [0.2, 0.25) is 5.91 Å². The van der Waals surface area contributed by atoms with Gasteiger partial charge in [-0.15, -0.1) is 0 Å². The van der Waals surface area contributed by atoms with Gasteiger partial charge in [-0.05, 0) is 81.3 Å². The van der Waals surface area contributed by atoms with Crippen molar-refractivity contribution in [2.24, 2.45) is 0 Å². The van der Waals surface area contributed by atoms with Gasteiger partial charge in [0.25, 0.3) is 5.91 Å². The lowest BCUT2D eigenvalue weighted by atomic mass is 9.87. The number of ether oxygens (including phenoxy) is 1. The molecule has 42 heavy (non-hydrogen) atoms. The Morgan fingerprint density at radius 2 is 1.69 bits per heavy atom. The average molecular weight is 568 g/mol. The lowest BCUT2D eigenvalue weighted by molar-refractivity contribution is -0.145. The molecule has 0 radical (unpaired) electrons. The van der Waals surface area contributed by atoms with Crippen molar-refractivity contribution in [2.45, 2.75) is 77.1 Å². The lowest BCUT2D eigenvalue weighted by Crippen LogP contribution is -2.57. The number of hydrogen-bond acceptors (Lipinski definition) is 4. The van der Waals surface area contributed by atoms with Gasteiger partial charge in [0.15, 0.2) is 0 Å². The van der Waals surface area contributed by atoms with Gasteiger partial charge in [0.1, 0.15) is 17.7 Å². The third-order valence-electron chi connectivity index (χ3n) is 7.39. The largest absolute Gasteiger partial charge is 0.444 e. The minimum Gasteiger partial charge on any atom is -0.444 e. The second-order valence-electron chi connectivity index (χ2n) is 11.8. The Morgan fingerprint density at radius 1 is 1.00 bits per heavy atom. The van der Waals surface area contributed by atoms with Crippen LogP contribution < -0.4 is 10.6 Å². The molecule has 0 heterocycles. The third kappa shape index (κ3) is 7.87. The predicted molar refractivity (Wildman–Crippen MR) is 167 cm³/mol.